The summed E-state index contributed by atoms with van der Waals surface area (Å²) in [6.45, 7) is 0. The number of para-hydroxylation sites is 2. The van der Waals surface area contributed by atoms with Crippen LogP contribution in [0, 0.1) is 0 Å². The van der Waals surface area contributed by atoms with Crippen LogP contribution in [0.1, 0.15) is 0 Å². The molecule has 0 saturated heterocycles. The Kier molecular flexibility index (Phi) is 3.20. The molecule has 23 heavy (non-hydrogen) atoms. The van der Waals surface area contributed by atoms with E-state index in [4.69, 9.17) is 4.74 Å². The first-order valence-electron chi connectivity index (χ1n) is 7.31. The van der Waals surface area contributed by atoms with Crippen LogP contribution in [0.5, 0.6) is 17.2 Å². The Bertz CT molecular complexity index is 961. The number of phenols is 1. The van der Waals surface area contributed by atoms with E-state index >= 15 is 0 Å². The minimum atomic E-state index is 0.201. The number of nitrogens with zero attached hydrogens (tertiary/aromatic N) is 1. The van der Waals surface area contributed by atoms with Gasteiger partial charge in [-0.25, -0.2) is 4.98 Å². The standard InChI is InChI=1S/C19H14N2O2/c22-18-9-5-4-8-15(18)19-20-16-11-10-14(12-17(16)21-19)23-13-6-2-1-3-7-13/h1-12,22H,(H,20,21). The lowest BCUT2D eigenvalue weighted by Crippen LogP contribution is -1.83. The maximum Gasteiger partial charge on any atom is 0.142 e. The number of aromatic amines is 1. The van der Waals surface area contributed by atoms with Crippen LogP contribution in [0.4, 0.5) is 0 Å². The van der Waals surface area contributed by atoms with Crippen molar-refractivity contribution >= 4 is 11.0 Å². The largest absolute Gasteiger partial charge is 0.507 e. The van der Waals surface area contributed by atoms with Crippen LogP contribution >= 0.6 is 0 Å². The molecule has 0 atom stereocenters. The average Bonchev–Trinajstić information content (AvgIpc) is 2.99. The van der Waals surface area contributed by atoms with E-state index in [1.807, 2.05) is 60.7 Å². The van der Waals surface area contributed by atoms with Crippen molar-refractivity contribution in [1.29, 1.82) is 0 Å². The molecule has 3 aromatic carbocycles. The van der Waals surface area contributed by atoms with E-state index in [-0.39, 0.29) is 5.75 Å². The van der Waals surface area contributed by atoms with Gasteiger partial charge in [-0.1, -0.05) is 30.3 Å². The zero-order valence-electron chi connectivity index (χ0n) is 12.2. The first-order valence-corrected chi connectivity index (χ1v) is 7.31. The van der Waals surface area contributed by atoms with Crippen LogP contribution in [-0.4, -0.2) is 15.1 Å². The first-order chi connectivity index (χ1) is 11.3. The molecule has 112 valence electrons. The van der Waals surface area contributed by atoms with E-state index in [0.717, 1.165) is 22.5 Å². The van der Waals surface area contributed by atoms with E-state index in [9.17, 15) is 5.11 Å². The Balaban J connectivity index is 1.71. The first kappa shape index (κ1) is 13.4. The Labute approximate surface area is 133 Å². The van der Waals surface area contributed by atoms with Crippen molar-refractivity contribution < 1.29 is 9.84 Å². The average molecular weight is 302 g/mol. The molecule has 4 nitrogen and oxygen atoms in total. The molecule has 0 aliphatic heterocycles. The number of ether oxygens (including phenoxy) is 1. The highest BCUT2D eigenvalue weighted by molar-refractivity contribution is 5.81. The molecule has 4 aromatic rings. The van der Waals surface area contributed by atoms with Gasteiger partial charge in [-0.15, -0.1) is 0 Å². The number of H-pyrrole nitrogens is 1. The lowest BCUT2D eigenvalue weighted by Gasteiger charge is -2.04. The molecule has 0 aliphatic rings. The molecule has 0 saturated carbocycles. The van der Waals surface area contributed by atoms with E-state index in [2.05, 4.69) is 9.97 Å². The number of imidazole rings is 1. The molecule has 4 rings (SSSR count). The molecule has 0 fully saturated rings. The van der Waals surface area contributed by atoms with Gasteiger partial charge in [0.15, 0.2) is 0 Å². The molecular formula is C19H14N2O2. The van der Waals surface area contributed by atoms with E-state index < -0.39 is 0 Å². The van der Waals surface area contributed by atoms with Gasteiger partial charge in [0.2, 0.25) is 0 Å². The number of hydrogen-bond acceptors (Lipinski definition) is 3. The monoisotopic (exact) mass is 302 g/mol. The summed E-state index contributed by atoms with van der Waals surface area (Å²) < 4.78 is 5.83. The molecule has 1 aromatic heterocycles. The molecule has 2 N–H and O–H groups in total. The second kappa shape index (κ2) is 5.50. The van der Waals surface area contributed by atoms with Gasteiger partial charge in [0.05, 0.1) is 16.6 Å². The predicted molar refractivity (Wildman–Crippen MR) is 89.7 cm³/mol. The molecular weight excluding hydrogens is 288 g/mol. The van der Waals surface area contributed by atoms with Crippen molar-refractivity contribution in [3.63, 3.8) is 0 Å². The number of benzene rings is 3. The van der Waals surface area contributed by atoms with Crippen LogP contribution in [0.2, 0.25) is 0 Å². The zero-order chi connectivity index (χ0) is 15.6. The van der Waals surface area contributed by atoms with Crippen LogP contribution in [0.25, 0.3) is 22.4 Å². The second-order valence-electron chi connectivity index (χ2n) is 5.20. The van der Waals surface area contributed by atoms with Crippen molar-refractivity contribution in [2.45, 2.75) is 0 Å². The van der Waals surface area contributed by atoms with E-state index in [1.165, 1.54) is 0 Å². The molecule has 0 aliphatic carbocycles. The molecule has 0 radical (unpaired) electrons. The highest BCUT2D eigenvalue weighted by Gasteiger charge is 2.09. The number of aromatic nitrogens is 2. The third kappa shape index (κ3) is 2.62. The van der Waals surface area contributed by atoms with E-state index in [0.29, 0.717) is 11.4 Å². The SMILES string of the molecule is Oc1ccccc1-c1nc2ccc(Oc3ccccc3)cc2[nH]1. The zero-order valence-corrected chi connectivity index (χ0v) is 12.2. The van der Waals surface area contributed by atoms with Crippen molar-refractivity contribution in [3.8, 4) is 28.6 Å². The summed E-state index contributed by atoms with van der Waals surface area (Å²) in [6.07, 6.45) is 0. The summed E-state index contributed by atoms with van der Waals surface area (Å²) in [5, 5.41) is 9.95. The number of phenolic OH excluding ortho intramolecular Hbond substituents is 1. The minimum absolute atomic E-state index is 0.201. The Hall–Kier alpha value is -3.27. The summed E-state index contributed by atoms with van der Waals surface area (Å²) >= 11 is 0. The third-order valence-corrected chi connectivity index (χ3v) is 3.59. The summed E-state index contributed by atoms with van der Waals surface area (Å²) in [5.41, 5.74) is 2.36. The predicted octanol–water partition coefficient (Wildman–Crippen LogP) is 4.73. The number of nitrogens with one attached hydrogen (secondary N) is 1. The normalized spacial score (nSPS) is 10.8. The smallest absolute Gasteiger partial charge is 0.142 e. The maximum atomic E-state index is 9.95. The molecule has 1 heterocycles. The minimum Gasteiger partial charge on any atom is -0.507 e. The summed E-state index contributed by atoms with van der Waals surface area (Å²) in [6, 6.07) is 22.4. The van der Waals surface area contributed by atoms with Gasteiger partial charge in [0.25, 0.3) is 0 Å². The molecule has 0 spiro atoms. The summed E-state index contributed by atoms with van der Waals surface area (Å²) in [4.78, 5) is 7.75. The molecule has 4 heteroatoms. The molecule has 0 amide bonds. The molecule has 0 bridgehead atoms. The maximum absolute atomic E-state index is 9.95. The van der Waals surface area contributed by atoms with Crippen molar-refractivity contribution in [2.75, 3.05) is 0 Å². The summed E-state index contributed by atoms with van der Waals surface area (Å²) in [5.74, 6) is 2.35. The van der Waals surface area contributed by atoms with Crippen LogP contribution in [0.3, 0.4) is 0 Å². The second-order valence-corrected chi connectivity index (χ2v) is 5.20. The summed E-state index contributed by atoms with van der Waals surface area (Å²) in [7, 11) is 0. The van der Waals surface area contributed by atoms with Crippen molar-refractivity contribution in [3.05, 3.63) is 72.8 Å². The number of fused-ring (bicyclic) bond motifs is 1. The Morgan fingerprint density at radius 2 is 1.61 bits per heavy atom. The fourth-order valence-corrected chi connectivity index (χ4v) is 2.48. The van der Waals surface area contributed by atoms with Crippen LogP contribution < -0.4 is 4.74 Å². The fraction of sp³-hybridized carbons (Fsp3) is 0. The van der Waals surface area contributed by atoms with Gasteiger partial charge >= 0.3 is 0 Å². The van der Waals surface area contributed by atoms with E-state index in [1.54, 1.807) is 12.1 Å². The van der Waals surface area contributed by atoms with Gasteiger partial charge in [-0.05, 0) is 36.4 Å². The number of rotatable bonds is 3. The Morgan fingerprint density at radius 3 is 2.43 bits per heavy atom. The van der Waals surface area contributed by atoms with Crippen LogP contribution in [0.15, 0.2) is 72.8 Å². The highest BCUT2D eigenvalue weighted by atomic mass is 16.5. The van der Waals surface area contributed by atoms with Gasteiger partial charge in [0.1, 0.15) is 23.1 Å². The quantitative estimate of drug-likeness (QED) is 0.575. The number of hydrogen-bond donors (Lipinski definition) is 2. The highest BCUT2D eigenvalue weighted by Crippen LogP contribution is 2.30. The van der Waals surface area contributed by atoms with Crippen molar-refractivity contribution in [2.24, 2.45) is 0 Å². The lowest BCUT2D eigenvalue weighted by molar-refractivity contribution is 0.477. The van der Waals surface area contributed by atoms with Gasteiger partial charge in [0, 0.05) is 6.07 Å². The van der Waals surface area contributed by atoms with Gasteiger partial charge in [-0.3, -0.25) is 0 Å². The fourth-order valence-electron chi connectivity index (χ4n) is 2.48. The van der Waals surface area contributed by atoms with Gasteiger partial charge < -0.3 is 14.8 Å². The Morgan fingerprint density at radius 1 is 0.826 bits per heavy atom. The topological polar surface area (TPSA) is 58.1 Å². The van der Waals surface area contributed by atoms with Gasteiger partial charge in [-0.2, -0.15) is 0 Å². The van der Waals surface area contributed by atoms with Crippen LogP contribution in [-0.2, 0) is 0 Å². The third-order valence-electron chi connectivity index (χ3n) is 3.59. The molecule has 0 unspecified atom stereocenters. The van der Waals surface area contributed by atoms with Crippen molar-refractivity contribution in [1.82, 2.24) is 9.97 Å². The number of aromatic hydroxyl groups is 1. The lowest BCUT2D eigenvalue weighted by atomic mass is 10.2.